The summed E-state index contributed by atoms with van der Waals surface area (Å²) in [4.78, 5) is 0.182. The summed E-state index contributed by atoms with van der Waals surface area (Å²) in [5.41, 5.74) is 2.21. The highest BCUT2D eigenvalue weighted by atomic mass is 32.2. The maximum atomic E-state index is 13.0. The van der Waals surface area contributed by atoms with Gasteiger partial charge in [-0.15, -0.1) is 5.10 Å². The van der Waals surface area contributed by atoms with Gasteiger partial charge in [0.1, 0.15) is 16.2 Å². The number of hydrogen-bond donors (Lipinski definition) is 1. The average molecular weight is 398 g/mol. The molecule has 1 aliphatic heterocycles. The molecule has 0 aliphatic carbocycles. The van der Waals surface area contributed by atoms with Gasteiger partial charge in [0.2, 0.25) is 10.0 Å². The smallest absolute Gasteiger partial charge is 0.244 e. The van der Waals surface area contributed by atoms with E-state index in [1.807, 2.05) is 51.1 Å². The van der Waals surface area contributed by atoms with E-state index in [9.17, 15) is 8.42 Å². The van der Waals surface area contributed by atoms with Crippen LogP contribution in [0.15, 0.2) is 59.8 Å². The van der Waals surface area contributed by atoms with E-state index in [0.717, 1.165) is 16.8 Å². The second kappa shape index (κ2) is 6.72. The van der Waals surface area contributed by atoms with Crippen molar-refractivity contribution in [1.82, 2.24) is 19.7 Å². The van der Waals surface area contributed by atoms with Crippen molar-refractivity contribution in [3.8, 4) is 11.4 Å². The summed E-state index contributed by atoms with van der Waals surface area (Å²) in [6, 6.07) is 12.4. The van der Waals surface area contributed by atoms with Crippen LogP contribution >= 0.6 is 0 Å². The Hall–Kier alpha value is -2.71. The molecule has 0 saturated heterocycles. The number of para-hydroxylation sites is 1. The Morgan fingerprint density at radius 3 is 2.61 bits per heavy atom. The van der Waals surface area contributed by atoms with Crippen LogP contribution in [-0.2, 0) is 16.4 Å². The minimum atomic E-state index is -3.74. The van der Waals surface area contributed by atoms with Gasteiger partial charge < -0.3 is 4.74 Å². The van der Waals surface area contributed by atoms with Crippen LogP contribution in [0.3, 0.4) is 0 Å². The number of benzene rings is 2. The predicted molar refractivity (Wildman–Crippen MR) is 105 cm³/mol. The molecule has 4 rings (SSSR count). The fraction of sp³-hybridized carbons (Fsp3) is 0.300. The molecule has 8 heteroatoms. The fourth-order valence-corrected chi connectivity index (χ4v) is 4.83. The van der Waals surface area contributed by atoms with Crippen LogP contribution < -0.4 is 9.46 Å². The molecular formula is C20H22N4O3S. The third kappa shape index (κ3) is 3.53. The van der Waals surface area contributed by atoms with Gasteiger partial charge >= 0.3 is 0 Å². The molecule has 146 valence electrons. The van der Waals surface area contributed by atoms with Crippen molar-refractivity contribution in [2.45, 2.75) is 43.7 Å². The number of aromatic nitrogens is 3. The maximum Gasteiger partial charge on any atom is 0.244 e. The Balaban J connectivity index is 1.57. The normalized spacial score (nSPS) is 16.4. The molecule has 0 radical (unpaired) electrons. The minimum absolute atomic E-state index is 0.182. The number of ether oxygens (including phenoxy) is 1. The number of nitrogens with zero attached hydrogens (tertiary/aromatic N) is 3. The van der Waals surface area contributed by atoms with Gasteiger partial charge in [0, 0.05) is 12.5 Å². The molecule has 28 heavy (non-hydrogen) atoms. The van der Waals surface area contributed by atoms with Gasteiger partial charge in [-0.2, -0.15) is 0 Å². The molecule has 2 aromatic carbocycles. The molecule has 0 fully saturated rings. The lowest BCUT2D eigenvalue weighted by molar-refractivity contribution is 0.135. The van der Waals surface area contributed by atoms with Gasteiger partial charge in [0.15, 0.2) is 0 Å². The van der Waals surface area contributed by atoms with E-state index in [0.29, 0.717) is 12.2 Å². The highest BCUT2D eigenvalue weighted by Gasteiger charge is 2.35. The SMILES string of the molecule is CC(NS(=O)(=O)c1cccc2c1OC(C)(C)C2)c1ccc(-n2ccnn2)cc1. The lowest BCUT2D eigenvalue weighted by Gasteiger charge is -2.19. The Morgan fingerprint density at radius 1 is 1.18 bits per heavy atom. The summed E-state index contributed by atoms with van der Waals surface area (Å²) in [7, 11) is -3.74. The first-order valence-electron chi connectivity index (χ1n) is 9.05. The third-order valence-corrected chi connectivity index (χ3v) is 6.32. The number of nitrogens with one attached hydrogen (secondary N) is 1. The lowest BCUT2D eigenvalue weighted by atomic mass is 10.0. The zero-order valence-electron chi connectivity index (χ0n) is 16.0. The zero-order chi connectivity index (χ0) is 19.9. The number of fused-ring (bicyclic) bond motifs is 1. The molecule has 1 N–H and O–H groups in total. The van der Waals surface area contributed by atoms with E-state index < -0.39 is 21.7 Å². The Bertz CT molecular complexity index is 1090. The standard InChI is InChI=1S/C20H22N4O3S/c1-14(15-7-9-17(10-8-15)24-12-11-21-23-24)22-28(25,26)18-6-4-5-16-13-20(2,3)27-19(16)18/h4-12,14,22H,13H2,1-3H3. The first-order chi connectivity index (χ1) is 13.3. The monoisotopic (exact) mass is 398 g/mol. The lowest BCUT2D eigenvalue weighted by Crippen LogP contribution is -2.28. The number of rotatable bonds is 5. The van der Waals surface area contributed by atoms with Gasteiger partial charge in [-0.3, -0.25) is 0 Å². The molecule has 0 spiro atoms. The van der Waals surface area contributed by atoms with E-state index >= 15 is 0 Å². The van der Waals surface area contributed by atoms with Gasteiger partial charge in [-0.1, -0.05) is 29.5 Å². The van der Waals surface area contributed by atoms with Crippen molar-refractivity contribution in [3.05, 3.63) is 66.0 Å². The van der Waals surface area contributed by atoms with Crippen molar-refractivity contribution in [2.24, 2.45) is 0 Å². The van der Waals surface area contributed by atoms with Crippen molar-refractivity contribution in [1.29, 1.82) is 0 Å². The summed E-state index contributed by atoms with van der Waals surface area (Å²) in [5.74, 6) is 0.453. The van der Waals surface area contributed by atoms with E-state index in [4.69, 9.17) is 4.74 Å². The highest BCUT2D eigenvalue weighted by molar-refractivity contribution is 7.89. The van der Waals surface area contributed by atoms with Crippen molar-refractivity contribution in [3.63, 3.8) is 0 Å². The average Bonchev–Trinajstić information content (AvgIpc) is 3.27. The van der Waals surface area contributed by atoms with Crippen molar-refractivity contribution in [2.75, 3.05) is 0 Å². The largest absolute Gasteiger partial charge is 0.486 e. The quantitative estimate of drug-likeness (QED) is 0.714. The maximum absolute atomic E-state index is 13.0. The molecule has 0 amide bonds. The van der Waals surface area contributed by atoms with E-state index in [1.54, 1.807) is 29.2 Å². The van der Waals surface area contributed by atoms with Gasteiger partial charge in [0.25, 0.3) is 0 Å². The predicted octanol–water partition coefficient (Wildman–Crippen LogP) is 3.02. The van der Waals surface area contributed by atoms with Gasteiger partial charge in [0.05, 0.1) is 18.1 Å². The highest BCUT2D eigenvalue weighted by Crippen LogP contribution is 2.39. The molecule has 1 aromatic heterocycles. The second-order valence-electron chi connectivity index (χ2n) is 7.57. The third-order valence-electron chi connectivity index (χ3n) is 4.76. The summed E-state index contributed by atoms with van der Waals surface area (Å²) in [6.07, 6.45) is 4.04. The first kappa shape index (κ1) is 18.6. The topological polar surface area (TPSA) is 86.1 Å². The molecule has 3 aromatic rings. The van der Waals surface area contributed by atoms with Crippen LogP contribution in [-0.4, -0.2) is 29.0 Å². The molecule has 2 heterocycles. The van der Waals surface area contributed by atoms with Gasteiger partial charge in [-0.25, -0.2) is 17.8 Å². The second-order valence-corrected chi connectivity index (χ2v) is 9.25. The van der Waals surface area contributed by atoms with Crippen molar-refractivity contribution >= 4 is 10.0 Å². The van der Waals surface area contributed by atoms with Crippen LogP contribution in [0.4, 0.5) is 0 Å². The molecule has 1 unspecified atom stereocenters. The Morgan fingerprint density at radius 2 is 1.93 bits per heavy atom. The summed E-state index contributed by atoms with van der Waals surface area (Å²) >= 11 is 0. The molecule has 0 bridgehead atoms. The molecule has 1 aliphatic rings. The Labute approximate surface area is 164 Å². The first-order valence-corrected chi connectivity index (χ1v) is 10.5. The summed E-state index contributed by atoms with van der Waals surface area (Å²) in [6.45, 7) is 5.72. The van der Waals surface area contributed by atoms with Crippen LogP contribution in [0.25, 0.3) is 5.69 Å². The minimum Gasteiger partial charge on any atom is -0.486 e. The zero-order valence-corrected chi connectivity index (χ0v) is 16.8. The fourth-order valence-electron chi connectivity index (χ4n) is 3.42. The van der Waals surface area contributed by atoms with E-state index in [-0.39, 0.29) is 4.90 Å². The van der Waals surface area contributed by atoms with Gasteiger partial charge in [-0.05, 0) is 50.1 Å². The number of sulfonamides is 1. The molecular weight excluding hydrogens is 376 g/mol. The van der Waals surface area contributed by atoms with Crippen LogP contribution in [0.1, 0.15) is 37.9 Å². The van der Waals surface area contributed by atoms with Crippen LogP contribution in [0.2, 0.25) is 0 Å². The number of hydrogen-bond acceptors (Lipinski definition) is 5. The van der Waals surface area contributed by atoms with Crippen molar-refractivity contribution < 1.29 is 13.2 Å². The Kier molecular flexibility index (Phi) is 4.47. The van der Waals surface area contributed by atoms with E-state index in [2.05, 4.69) is 15.0 Å². The molecule has 0 saturated carbocycles. The van der Waals surface area contributed by atoms with Crippen LogP contribution in [0, 0.1) is 0 Å². The van der Waals surface area contributed by atoms with Crippen LogP contribution in [0.5, 0.6) is 5.75 Å². The van der Waals surface area contributed by atoms with E-state index in [1.165, 1.54) is 0 Å². The summed E-state index contributed by atoms with van der Waals surface area (Å²) < 4.78 is 36.4. The molecule has 7 nitrogen and oxygen atoms in total. The summed E-state index contributed by atoms with van der Waals surface area (Å²) in [5, 5.41) is 7.73. The molecule has 1 atom stereocenters.